The lowest BCUT2D eigenvalue weighted by Gasteiger charge is -2.08. The number of para-hydroxylation sites is 1. The first-order valence-electron chi connectivity index (χ1n) is 10.0. The van der Waals surface area contributed by atoms with Crippen LogP contribution in [0.15, 0.2) is 77.9 Å². The van der Waals surface area contributed by atoms with Gasteiger partial charge >= 0.3 is 5.97 Å². The van der Waals surface area contributed by atoms with Gasteiger partial charge in [-0.3, -0.25) is 4.79 Å². The van der Waals surface area contributed by atoms with Gasteiger partial charge in [-0.1, -0.05) is 49.7 Å². The molecule has 1 N–H and O–H groups in total. The first kappa shape index (κ1) is 23.0. The summed E-state index contributed by atoms with van der Waals surface area (Å²) in [5, 5.41) is 4.46. The van der Waals surface area contributed by atoms with Crippen molar-refractivity contribution in [3.8, 4) is 11.5 Å². The number of benzene rings is 3. The number of hydrogen-bond donors (Lipinski definition) is 1. The van der Waals surface area contributed by atoms with E-state index in [1.807, 2.05) is 24.3 Å². The van der Waals surface area contributed by atoms with Crippen LogP contribution in [0.25, 0.3) is 0 Å². The molecule has 0 heterocycles. The van der Waals surface area contributed by atoms with E-state index < -0.39 is 11.9 Å². The van der Waals surface area contributed by atoms with E-state index in [-0.39, 0.29) is 6.61 Å². The number of carbonyl (C=O) groups excluding carboxylic acids is 2. The smallest absolute Gasteiger partial charge is 0.343 e. The molecule has 1 amide bonds. The Morgan fingerprint density at radius 2 is 1.69 bits per heavy atom. The molecule has 0 bridgehead atoms. The van der Waals surface area contributed by atoms with Crippen molar-refractivity contribution in [2.45, 2.75) is 19.8 Å². The molecule has 7 heteroatoms. The molecule has 0 fully saturated rings. The molecular formula is C25H23ClN2O4. The second-order valence-electron chi connectivity index (χ2n) is 7.24. The van der Waals surface area contributed by atoms with Gasteiger partial charge in [-0.15, -0.1) is 0 Å². The first-order valence-corrected chi connectivity index (χ1v) is 10.4. The second kappa shape index (κ2) is 11.1. The van der Waals surface area contributed by atoms with E-state index in [2.05, 4.69) is 24.4 Å². The van der Waals surface area contributed by atoms with Crippen LogP contribution in [0.5, 0.6) is 11.5 Å². The maximum atomic E-state index is 12.3. The Bertz CT molecular complexity index is 1090. The lowest BCUT2D eigenvalue weighted by atomic mass is 10.0. The Labute approximate surface area is 191 Å². The van der Waals surface area contributed by atoms with Crippen LogP contribution in [-0.2, 0) is 4.79 Å². The molecule has 0 unspecified atom stereocenters. The summed E-state index contributed by atoms with van der Waals surface area (Å²) in [6.45, 7) is 4.04. The van der Waals surface area contributed by atoms with Gasteiger partial charge in [-0.2, -0.15) is 5.10 Å². The lowest BCUT2D eigenvalue weighted by molar-refractivity contribution is -0.123. The van der Waals surface area contributed by atoms with Crippen LogP contribution >= 0.6 is 11.6 Å². The highest BCUT2D eigenvalue weighted by Crippen LogP contribution is 2.19. The zero-order chi connectivity index (χ0) is 22.9. The normalized spacial score (nSPS) is 10.9. The average molecular weight is 451 g/mol. The van der Waals surface area contributed by atoms with E-state index >= 15 is 0 Å². The monoisotopic (exact) mass is 450 g/mol. The molecule has 0 atom stereocenters. The predicted octanol–water partition coefficient (Wildman–Crippen LogP) is 5.21. The van der Waals surface area contributed by atoms with Crippen LogP contribution in [0.2, 0.25) is 5.02 Å². The predicted molar refractivity (Wildman–Crippen MR) is 125 cm³/mol. The standard InChI is InChI=1S/C25H23ClN2O4/c1-17(2)18-9-13-22(14-10-18)31-16-24(29)28-27-15-20-5-3-4-6-23(20)32-25(30)19-7-11-21(26)12-8-19/h3-15,17H,16H2,1-2H3,(H,28,29). The number of hydrogen-bond acceptors (Lipinski definition) is 5. The fourth-order valence-electron chi connectivity index (χ4n) is 2.73. The molecule has 3 aromatic carbocycles. The van der Waals surface area contributed by atoms with Crippen LogP contribution in [0.3, 0.4) is 0 Å². The fraction of sp³-hybridized carbons (Fsp3) is 0.160. The topological polar surface area (TPSA) is 77.0 Å². The Hall–Kier alpha value is -3.64. The highest BCUT2D eigenvalue weighted by molar-refractivity contribution is 6.30. The van der Waals surface area contributed by atoms with Gasteiger partial charge < -0.3 is 9.47 Å². The number of hydrazone groups is 1. The number of rotatable bonds is 8. The molecule has 0 aliphatic heterocycles. The van der Waals surface area contributed by atoms with E-state index in [1.54, 1.807) is 48.5 Å². The zero-order valence-electron chi connectivity index (χ0n) is 17.7. The number of amides is 1. The third kappa shape index (κ3) is 6.68. The molecular weight excluding hydrogens is 428 g/mol. The Morgan fingerprint density at radius 3 is 2.38 bits per heavy atom. The summed E-state index contributed by atoms with van der Waals surface area (Å²) in [6.07, 6.45) is 1.40. The molecule has 3 rings (SSSR count). The minimum Gasteiger partial charge on any atom is -0.484 e. The highest BCUT2D eigenvalue weighted by atomic mass is 35.5. The Balaban J connectivity index is 1.54. The summed E-state index contributed by atoms with van der Waals surface area (Å²) >= 11 is 5.85. The summed E-state index contributed by atoms with van der Waals surface area (Å²) in [5.74, 6) is 0.406. The number of ether oxygens (including phenoxy) is 2. The van der Waals surface area contributed by atoms with Crippen molar-refractivity contribution in [1.29, 1.82) is 0 Å². The molecule has 32 heavy (non-hydrogen) atoms. The van der Waals surface area contributed by atoms with Crippen LogP contribution < -0.4 is 14.9 Å². The van der Waals surface area contributed by atoms with E-state index in [0.29, 0.717) is 33.6 Å². The summed E-state index contributed by atoms with van der Waals surface area (Å²) in [4.78, 5) is 24.4. The van der Waals surface area contributed by atoms with Gasteiger partial charge in [0.05, 0.1) is 11.8 Å². The molecule has 164 valence electrons. The van der Waals surface area contributed by atoms with Gasteiger partial charge in [-0.25, -0.2) is 10.2 Å². The van der Waals surface area contributed by atoms with Crippen molar-refractivity contribution < 1.29 is 19.1 Å². The van der Waals surface area contributed by atoms with Crippen molar-refractivity contribution in [2.24, 2.45) is 5.10 Å². The SMILES string of the molecule is CC(C)c1ccc(OCC(=O)NN=Cc2ccccc2OC(=O)c2ccc(Cl)cc2)cc1. The Kier molecular flexibility index (Phi) is 8.00. The van der Waals surface area contributed by atoms with Crippen molar-refractivity contribution in [1.82, 2.24) is 5.43 Å². The summed E-state index contributed by atoms with van der Waals surface area (Å²) in [7, 11) is 0. The van der Waals surface area contributed by atoms with Gasteiger partial charge in [-0.05, 0) is 60.0 Å². The van der Waals surface area contributed by atoms with E-state index in [0.717, 1.165) is 0 Å². The van der Waals surface area contributed by atoms with E-state index in [4.69, 9.17) is 21.1 Å². The molecule has 0 saturated heterocycles. The molecule has 0 saturated carbocycles. The fourth-order valence-corrected chi connectivity index (χ4v) is 2.85. The summed E-state index contributed by atoms with van der Waals surface area (Å²) < 4.78 is 10.9. The van der Waals surface area contributed by atoms with Gasteiger partial charge in [0.1, 0.15) is 11.5 Å². The van der Waals surface area contributed by atoms with Crippen LogP contribution in [0.4, 0.5) is 0 Å². The van der Waals surface area contributed by atoms with E-state index in [1.165, 1.54) is 11.8 Å². The summed E-state index contributed by atoms with van der Waals surface area (Å²) in [5.41, 5.74) is 4.49. The van der Waals surface area contributed by atoms with Crippen molar-refractivity contribution in [2.75, 3.05) is 6.61 Å². The maximum absolute atomic E-state index is 12.3. The van der Waals surface area contributed by atoms with Crippen LogP contribution in [0, 0.1) is 0 Å². The molecule has 0 aliphatic rings. The van der Waals surface area contributed by atoms with Gasteiger partial charge in [0.25, 0.3) is 5.91 Å². The lowest BCUT2D eigenvalue weighted by Crippen LogP contribution is -2.24. The van der Waals surface area contributed by atoms with Gasteiger partial charge in [0, 0.05) is 10.6 Å². The highest BCUT2D eigenvalue weighted by Gasteiger charge is 2.11. The largest absolute Gasteiger partial charge is 0.484 e. The molecule has 3 aromatic rings. The van der Waals surface area contributed by atoms with Gasteiger partial charge in [0.15, 0.2) is 6.61 Å². The number of nitrogens with one attached hydrogen (secondary N) is 1. The second-order valence-corrected chi connectivity index (χ2v) is 7.68. The molecule has 0 aliphatic carbocycles. The number of esters is 1. The third-order valence-corrected chi connectivity index (χ3v) is 4.76. The van der Waals surface area contributed by atoms with Crippen molar-refractivity contribution in [3.05, 3.63) is 94.5 Å². The Morgan fingerprint density at radius 1 is 1.00 bits per heavy atom. The number of carbonyl (C=O) groups is 2. The minimum atomic E-state index is -0.525. The average Bonchev–Trinajstić information content (AvgIpc) is 2.79. The summed E-state index contributed by atoms with van der Waals surface area (Å²) in [6, 6.07) is 20.9. The van der Waals surface area contributed by atoms with Crippen LogP contribution in [-0.4, -0.2) is 24.7 Å². The van der Waals surface area contributed by atoms with Crippen molar-refractivity contribution >= 4 is 29.7 Å². The molecule has 0 aromatic heterocycles. The van der Waals surface area contributed by atoms with Crippen LogP contribution in [0.1, 0.15) is 41.3 Å². The minimum absolute atomic E-state index is 0.175. The van der Waals surface area contributed by atoms with Gasteiger partial charge in [0.2, 0.25) is 0 Å². The first-order chi connectivity index (χ1) is 15.4. The molecule has 6 nitrogen and oxygen atoms in total. The molecule has 0 radical (unpaired) electrons. The van der Waals surface area contributed by atoms with Crippen molar-refractivity contribution in [3.63, 3.8) is 0 Å². The van der Waals surface area contributed by atoms with E-state index in [9.17, 15) is 9.59 Å². The quantitative estimate of drug-likeness (QED) is 0.221. The number of nitrogens with zero attached hydrogens (tertiary/aromatic N) is 1. The maximum Gasteiger partial charge on any atom is 0.343 e. The zero-order valence-corrected chi connectivity index (χ0v) is 18.5. The molecule has 0 spiro atoms. The number of halogens is 1. The third-order valence-electron chi connectivity index (χ3n) is 4.51.